The van der Waals surface area contributed by atoms with Crippen molar-refractivity contribution in [3.63, 3.8) is 0 Å². The van der Waals surface area contributed by atoms with E-state index in [1.54, 1.807) is 0 Å². The number of rotatable bonds is 0. The molecular weight excluding hydrogens is 270 g/mol. The van der Waals surface area contributed by atoms with Crippen molar-refractivity contribution >= 4 is 11.8 Å². The molecule has 1 spiro atoms. The van der Waals surface area contributed by atoms with Gasteiger partial charge in [-0.1, -0.05) is 36.4 Å². The van der Waals surface area contributed by atoms with Gasteiger partial charge in [-0.25, -0.2) is 0 Å². The molecule has 1 atom stereocenters. The van der Waals surface area contributed by atoms with E-state index < -0.39 is 5.72 Å². The van der Waals surface area contributed by atoms with Gasteiger partial charge < -0.3 is 9.64 Å². The first kappa shape index (κ1) is 13.4. The second-order valence-electron chi connectivity index (χ2n) is 6.83. The van der Waals surface area contributed by atoms with Crippen molar-refractivity contribution < 1.29 is 4.74 Å². The summed E-state index contributed by atoms with van der Waals surface area (Å²) in [6.07, 6.45) is 4.42. The Balaban J connectivity index is 1.93. The van der Waals surface area contributed by atoms with Crippen LogP contribution < -0.4 is 9.64 Å². The topological polar surface area (TPSA) is 12.5 Å². The van der Waals surface area contributed by atoms with Crippen molar-refractivity contribution in [2.45, 2.75) is 31.9 Å². The number of fused-ring (bicyclic) bond motifs is 2. The largest absolute Gasteiger partial charge is 0.463 e. The molecule has 0 amide bonds. The van der Waals surface area contributed by atoms with Crippen LogP contribution in [0.1, 0.15) is 30.5 Å². The van der Waals surface area contributed by atoms with Gasteiger partial charge in [-0.3, -0.25) is 0 Å². The smallest absolute Gasteiger partial charge is 0.211 e. The van der Waals surface area contributed by atoms with Crippen molar-refractivity contribution in [1.29, 1.82) is 0 Å². The Kier molecular flexibility index (Phi) is 2.54. The van der Waals surface area contributed by atoms with Crippen LogP contribution in [0.15, 0.2) is 48.5 Å². The molecule has 2 nitrogen and oxygen atoms in total. The average Bonchev–Trinajstić information content (AvgIpc) is 2.68. The van der Waals surface area contributed by atoms with Crippen LogP contribution in [0.3, 0.4) is 0 Å². The predicted octanol–water partition coefficient (Wildman–Crippen LogP) is 4.52. The van der Waals surface area contributed by atoms with Crippen molar-refractivity contribution in [3.8, 4) is 5.75 Å². The number of benzene rings is 2. The first-order chi connectivity index (χ1) is 10.5. The van der Waals surface area contributed by atoms with Gasteiger partial charge in [0.2, 0.25) is 5.72 Å². The molecule has 0 N–H and O–H groups in total. The zero-order chi connectivity index (χ0) is 15.5. The Morgan fingerprint density at radius 3 is 2.55 bits per heavy atom. The van der Waals surface area contributed by atoms with E-state index in [1.807, 2.05) is 0 Å². The SMILES string of the molecule is Cc1cccc2c1OC1(C=C2)N(C)c2ccccc2C1(C)C. The van der Waals surface area contributed by atoms with E-state index in [1.165, 1.54) is 16.8 Å². The zero-order valence-corrected chi connectivity index (χ0v) is 13.6. The second kappa shape index (κ2) is 4.16. The molecule has 0 aliphatic carbocycles. The third-order valence-electron chi connectivity index (χ3n) is 5.32. The summed E-state index contributed by atoms with van der Waals surface area (Å²) in [5, 5.41) is 0. The second-order valence-corrected chi connectivity index (χ2v) is 6.83. The Morgan fingerprint density at radius 2 is 1.77 bits per heavy atom. The van der Waals surface area contributed by atoms with Crippen LogP contribution in [0, 0.1) is 6.92 Å². The fourth-order valence-corrected chi connectivity index (χ4v) is 3.94. The first-order valence-corrected chi connectivity index (χ1v) is 7.78. The number of hydrogen-bond acceptors (Lipinski definition) is 2. The minimum absolute atomic E-state index is 0.130. The van der Waals surface area contributed by atoms with Crippen LogP contribution in [0.2, 0.25) is 0 Å². The molecule has 112 valence electrons. The third-order valence-corrected chi connectivity index (χ3v) is 5.32. The van der Waals surface area contributed by atoms with E-state index in [9.17, 15) is 0 Å². The first-order valence-electron chi connectivity index (χ1n) is 7.78. The van der Waals surface area contributed by atoms with E-state index in [4.69, 9.17) is 4.74 Å². The van der Waals surface area contributed by atoms with E-state index in [0.717, 1.165) is 11.3 Å². The van der Waals surface area contributed by atoms with Gasteiger partial charge in [0.25, 0.3) is 0 Å². The molecule has 1 unspecified atom stereocenters. The number of ether oxygens (including phenoxy) is 1. The van der Waals surface area contributed by atoms with Crippen LogP contribution in [-0.2, 0) is 5.41 Å². The third kappa shape index (κ3) is 1.45. The van der Waals surface area contributed by atoms with Crippen molar-refractivity contribution in [3.05, 3.63) is 65.2 Å². The molecule has 0 aromatic heterocycles. The highest BCUT2D eigenvalue weighted by atomic mass is 16.5. The summed E-state index contributed by atoms with van der Waals surface area (Å²) in [4.78, 5) is 2.27. The van der Waals surface area contributed by atoms with Gasteiger partial charge in [0.1, 0.15) is 5.75 Å². The Bertz CT molecular complexity index is 790. The van der Waals surface area contributed by atoms with E-state index >= 15 is 0 Å². The molecule has 0 bridgehead atoms. The quantitative estimate of drug-likeness (QED) is 0.707. The van der Waals surface area contributed by atoms with Gasteiger partial charge >= 0.3 is 0 Å². The standard InChI is InChI=1S/C20H21NO/c1-14-8-7-9-15-12-13-20(22-18(14)15)19(2,3)16-10-5-6-11-17(16)21(20)4/h5-13H,1-4H3. The van der Waals surface area contributed by atoms with Crippen LogP contribution in [0.25, 0.3) is 6.08 Å². The monoisotopic (exact) mass is 291 g/mol. The number of hydrogen-bond donors (Lipinski definition) is 0. The summed E-state index contributed by atoms with van der Waals surface area (Å²) < 4.78 is 6.66. The molecule has 0 saturated heterocycles. The van der Waals surface area contributed by atoms with Crippen molar-refractivity contribution in [1.82, 2.24) is 0 Å². The maximum Gasteiger partial charge on any atom is 0.211 e. The number of nitrogens with zero attached hydrogens (tertiary/aromatic N) is 1. The molecule has 2 aliphatic rings. The summed E-state index contributed by atoms with van der Waals surface area (Å²) in [6.45, 7) is 6.65. The molecule has 2 heteroatoms. The minimum atomic E-state index is -0.476. The lowest BCUT2D eigenvalue weighted by Crippen LogP contribution is -2.58. The van der Waals surface area contributed by atoms with Gasteiger partial charge in [0, 0.05) is 18.3 Å². The molecule has 4 rings (SSSR count). The summed E-state index contributed by atoms with van der Waals surface area (Å²) in [5.74, 6) is 0.998. The molecule has 0 saturated carbocycles. The van der Waals surface area contributed by atoms with Crippen LogP contribution in [0.4, 0.5) is 5.69 Å². The van der Waals surface area contributed by atoms with Gasteiger partial charge in [0.15, 0.2) is 0 Å². The predicted molar refractivity (Wildman–Crippen MR) is 91.4 cm³/mol. The highest BCUT2D eigenvalue weighted by Gasteiger charge is 2.57. The molecule has 0 radical (unpaired) electrons. The summed E-state index contributed by atoms with van der Waals surface area (Å²) in [6, 6.07) is 14.9. The number of likely N-dealkylation sites (N-methyl/N-ethyl adjacent to an activating group) is 1. The Hall–Kier alpha value is -2.22. The maximum atomic E-state index is 6.66. The molecule has 2 heterocycles. The highest BCUT2D eigenvalue weighted by molar-refractivity contribution is 5.72. The average molecular weight is 291 g/mol. The summed E-state index contributed by atoms with van der Waals surface area (Å²) >= 11 is 0. The van der Waals surface area contributed by atoms with Gasteiger partial charge in [-0.05, 0) is 50.1 Å². The highest BCUT2D eigenvalue weighted by Crippen LogP contribution is 2.54. The zero-order valence-electron chi connectivity index (χ0n) is 13.6. The molecule has 22 heavy (non-hydrogen) atoms. The van der Waals surface area contributed by atoms with Gasteiger partial charge in [0.05, 0.1) is 5.41 Å². The number of para-hydroxylation sites is 2. The fraction of sp³-hybridized carbons (Fsp3) is 0.300. The normalized spacial score (nSPS) is 24.1. The minimum Gasteiger partial charge on any atom is -0.463 e. The van der Waals surface area contributed by atoms with Gasteiger partial charge in [-0.15, -0.1) is 0 Å². The number of anilines is 1. The summed E-state index contributed by atoms with van der Waals surface area (Å²) in [7, 11) is 2.13. The Morgan fingerprint density at radius 1 is 1.00 bits per heavy atom. The molecular formula is C20H21NO. The van der Waals surface area contributed by atoms with E-state index in [-0.39, 0.29) is 5.41 Å². The molecule has 2 aliphatic heterocycles. The number of aryl methyl sites for hydroxylation is 1. The van der Waals surface area contributed by atoms with E-state index in [0.29, 0.717) is 0 Å². The van der Waals surface area contributed by atoms with Crippen molar-refractivity contribution in [2.75, 3.05) is 11.9 Å². The lowest BCUT2D eigenvalue weighted by Gasteiger charge is -2.46. The maximum absolute atomic E-state index is 6.66. The molecule has 0 fully saturated rings. The van der Waals surface area contributed by atoms with Crippen LogP contribution in [-0.4, -0.2) is 12.8 Å². The summed E-state index contributed by atoms with van der Waals surface area (Å²) in [5.41, 5.74) is 4.31. The van der Waals surface area contributed by atoms with Crippen LogP contribution in [0.5, 0.6) is 5.75 Å². The van der Waals surface area contributed by atoms with Crippen LogP contribution >= 0.6 is 0 Å². The fourth-order valence-electron chi connectivity index (χ4n) is 3.94. The molecule has 2 aromatic rings. The lowest BCUT2D eigenvalue weighted by molar-refractivity contribution is 0.0574. The Labute approximate surface area is 132 Å². The van der Waals surface area contributed by atoms with Gasteiger partial charge in [-0.2, -0.15) is 0 Å². The lowest BCUT2D eigenvalue weighted by atomic mass is 9.76. The molecule has 2 aromatic carbocycles. The van der Waals surface area contributed by atoms with E-state index in [2.05, 4.69) is 87.3 Å². The van der Waals surface area contributed by atoms with Crippen molar-refractivity contribution in [2.24, 2.45) is 0 Å².